The minimum absolute atomic E-state index is 0.0272. The molecule has 0 unspecified atom stereocenters. The Hall–Kier alpha value is -4.83. The van der Waals surface area contributed by atoms with Gasteiger partial charge in [0.15, 0.2) is 0 Å². The van der Waals surface area contributed by atoms with Crippen molar-refractivity contribution in [2.24, 2.45) is 0 Å². The number of nitrogens with one attached hydrogen (secondary N) is 2. The van der Waals surface area contributed by atoms with Crippen molar-refractivity contribution in [3.05, 3.63) is 101 Å². The van der Waals surface area contributed by atoms with E-state index in [-0.39, 0.29) is 77.5 Å². The Morgan fingerprint density at radius 3 is 2.40 bits per heavy atom. The van der Waals surface area contributed by atoms with E-state index in [1.54, 1.807) is 42.3 Å². The third-order valence-corrected chi connectivity index (χ3v) is 17.3. The SMILES string of the molecule is CCCOC(=O)[C@H](C)N[P@](=O)(Oc1ccccc1)[C@@H](F)c1ccc2sc(C(=O)N[C@H]3CC[C@H](N(C)CCCC(F)(F)F)C[C@H]4CC[C@@H](C(=O)N5C[C@H](c6ccccc6)CC56CC6)N4C3=O)cc2c1. The highest BCUT2D eigenvalue weighted by molar-refractivity contribution is 7.57. The zero-order valence-corrected chi connectivity index (χ0v) is 40.3. The van der Waals surface area contributed by atoms with Crippen LogP contribution in [-0.2, 0) is 23.7 Å². The van der Waals surface area contributed by atoms with Gasteiger partial charge in [-0.2, -0.15) is 13.2 Å². The van der Waals surface area contributed by atoms with Gasteiger partial charge in [0.05, 0.1) is 11.5 Å². The highest BCUT2D eigenvalue weighted by Gasteiger charge is 2.58. The molecular weight excluding hydrogens is 922 g/mol. The van der Waals surface area contributed by atoms with Crippen molar-refractivity contribution in [3.8, 4) is 5.75 Å². The lowest BCUT2D eigenvalue weighted by molar-refractivity contribution is -0.148. The van der Waals surface area contributed by atoms with Crippen LogP contribution in [0.4, 0.5) is 17.6 Å². The van der Waals surface area contributed by atoms with Gasteiger partial charge in [-0.25, -0.2) is 9.48 Å². The monoisotopic (exact) mass is 981 g/mol. The van der Waals surface area contributed by atoms with Crippen molar-refractivity contribution in [2.45, 2.75) is 138 Å². The van der Waals surface area contributed by atoms with Crippen LogP contribution in [0.15, 0.2) is 84.9 Å². The average molecular weight is 982 g/mol. The molecule has 4 aliphatic rings. The van der Waals surface area contributed by atoms with Gasteiger partial charge in [-0.1, -0.05) is 61.5 Å². The molecule has 3 amide bonds. The predicted octanol–water partition coefficient (Wildman–Crippen LogP) is 9.91. The maximum absolute atomic E-state index is 16.7. The van der Waals surface area contributed by atoms with Crippen LogP contribution in [0.5, 0.6) is 5.75 Å². The molecule has 0 bridgehead atoms. The van der Waals surface area contributed by atoms with Crippen LogP contribution in [-0.4, -0.2) is 107 Å². The summed E-state index contributed by atoms with van der Waals surface area (Å²) >= 11 is 1.12. The van der Waals surface area contributed by atoms with Gasteiger partial charge in [0.1, 0.15) is 23.9 Å². The molecule has 1 aliphatic carbocycles. The molecule has 4 heterocycles. The molecule has 1 spiro atoms. The fourth-order valence-corrected chi connectivity index (χ4v) is 13.2. The topological polar surface area (TPSA) is 138 Å². The largest absolute Gasteiger partial charge is 0.465 e. The zero-order chi connectivity index (χ0) is 48.4. The van der Waals surface area contributed by atoms with E-state index >= 15 is 4.39 Å². The van der Waals surface area contributed by atoms with Crippen LogP contribution in [0.3, 0.4) is 0 Å². The van der Waals surface area contributed by atoms with Gasteiger partial charge in [0, 0.05) is 41.2 Å². The lowest BCUT2D eigenvalue weighted by Crippen LogP contribution is -2.59. The third-order valence-electron chi connectivity index (χ3n) is 14.0. The maximum atomic E-state index is 16.7. The summed E-state index contributed by atoms with van der Waals surface area (Å²) in [5, 5.41) is 6.01. The van der Waals surface area contributed by atoms with Gasteiger partial charge >= 0.3 is 19.7 Å². The first-order chi connectivity index (χ1) is 32.5. The molecular formula is C50H60F4N5O7PS. The predicted molar refractivity (Wildman–Crippen MR) is 252 cm³/mol. The second-order valence-electron chi connectivity index (χ2n) is 18.9. The Morgan fingerprint density at radius 1 is 0.985 bits per heavy atom. The van der Waals surface area contributed by atoms with Gasteiger partial charge < -0.3 is 29.3 Å². The molecule has 1 aromatic heterocycles. The van der Waals surface area contributed by atoms with Crippen LogP contribution in [0.1, 0.15) is 117 Å². The first-order valence-corrected chi connectivity index (χ1v) is 26.2. The number of ether oxygens (including phenoxy) is 1. The Kier molecular flexibility index (Phi) is 15.0. The first-order valence-electron chi connectivity index (χ1n) is 23.7. The van der Waals surface area contributed by atoms with Gasteiger partial charge in [0.25, 0.3) is 5.91 Å². The Labute approximate surface area is 398 Å². The third kappa shape index (κ3) is 11.1. The molecule has 8 rings (SSSR count). The summed E-state index contributed by atoms with van der Waals surface area (Å²) in [6.45, 7) is 4.11. The van der Waals surface area contributed by atoms with Crippen LogP contribution in [0, 0.1) is 0 Å². The zero-order valence-electron chi connectivity index (χ0n) is 38.6. The number of fused-ring (bicyclic) bond motifs is 2. The average Bonchev–Trinajstić information content (AvgIpc) is 3.59. The molecule has 0 radical (unpaired) electrons. The van der Waals surface area contributed by atoms with Gasteiger partial charge in [0.2, 0.25) is 17.7 Å². The van der Waals surface area contributed by atoms with Gasteiger partial charge in [-0.3, -0.25) is 23.7 Å². The second-order valence-corrected chi connectivity index (χ2v) is 22.1. The number of carbonyl (C=O) groups is 4. The molecule has 4 aromatic rings. The quantitative estimate of drug-likeness (QED) is 0.0602. The van der Waals surface area contributed by atoms with E-state index in [0.29, 0.717) is 48.7 Å². The number of rotatable bonds is 17. The Balaban J connectivity index is 1.03. The number of alkyl halides is 4. The number of para-hydroxylation sites is 1. The molecule has 3 aliphatic heterocycles. The van der Waals surface area contributed by atoms with Crippen LogP contribution >= 0.6 is 18.9 Å². The summed E-state index contributed by atoms with van der Waals surface area (Å²) in [7, 11) is -2.72. The highest BCUT2D eigenvalue weighted by Crippen LogP contribution is 2.58. The number of hydrogen-bond acceptors (Lipinski definition) is 9. The summed E-state index contributed by atoms with van der Waals surface area (Å²) in [5.41, 5.74) is 0.898. The lowest BCUT2D eigenvalue weighted by atomic mass is 9.93. The van der Waals surface area contributed by atoms with E-state index in [1.165, 1.54) is 36.8 Å². The maximum Gasteiger partial charge on any atom is 0.389 e. The summed E-state index contributed by atoms with van der Waals surface area (Å²) in [6, 6.07) is 20.7. The summed E-state index contributed by atoms with van der Waals surface area (Å²) < 4.78 is 82.3. The molecule has 4 fully saturated rings. The lowest BCUT2D eigenvalue weighted by Gasteiger charge is -2.41. The van der Waals surface area contributed by atoms with E-state index in [0.717, 1.165) is 30.6 Å². The fourth-order valence-electron chi connectivity index (χ4n) is 10.3. The van der Waals surface area contributed by atoms with E-state index < -0.39 is 56.0 Å². The number of amides is 3. The summed E-state index contributed by atoms with van der Waals surface area (Å²) in [4.78, 5) is 62.4. The molecule has 68 heavy (non-hydrogen) atoms. The molecule has 18 heteroatoms. The second kappa shape index (κ2) is 20.6. The van der Waals surface area contributed by atoms with E-state index in [9.17, 15) is 36.9 Å². The Bertz CT molecular complexity index is 2490. The normalized spacial score (nSPS) is 24.2. The molecule has 3 saturated heterocycles. The van der Waals surface area contributed by atoms with E-state index in [1.807, 2.05) is 34.9 Å². The van der Waals surface area contributed by atoms with Crippen molar-refractivity contribution in [1.29, 1.82) is 0 Å². The number of halogens is 4. The smallest absolute Gasteiger partial charge is 0.389 e. The summed E-state index contributed by atoms with van der Waals surface area (Å²) in [5.74, 6) is -3.69. The molecule has 3 aromatic carbocycles. The highest BCUT2D eigenvalue weighted by atomic mass is 32.1. The number of esters is 1. The minimum Gasteiger partial charge on any atom is -0.465 e. The van der Waals surface area contributed by atoms with Crippen molar-refractivity contribution < 1.29 is 50.6 Å². The molecule has 8 atom stereocenters. The standard InChI is InChI=1S/C50H60F4N5O7PS/c1-4-26-65-48(63)32(2)56-67(64,66-39-14-9-6-10-15-39)44(51)34-16-21-42-35(27-34)28-43(68-42)45(60)55-40-19-17-37(57(3)25-11-22-50(52,53)54)29-38-18-20-41(59(38)46(40)61)47(62)58-31-36(30-49(58)23-24-49)33-12-7-5-8-13-33/h5-10,12-16,21,27-28,32,36-38,40-41,44H,4,11,17-20,22-26,29-31H2,1-3H3,(H,55,60)(H,56,64)/t32-,36+,37-,38+,40-,41-,44+,67+/m0/s1. The van der Waals surface area contributed by atoms with Crippen molar-refractivity contribution >= 4 is 52.6 Å². The number of nitrogens with zero attached hydrogens (tertiary/aromatic N) is 3. The van der Waals surface area contributed by atoms with Crippen molar-refractivity contribution in [1.82, 2.24) is 25.1 Å². The van der Waals surface area contributed by atoms with E-state index in [2.05, 4.69) is 22.5 Å². The first kappa shape index (κ1) is 49.6. The molecule has 1 saturated carbocycles. The van der Waals surface area contributed by atoms with Gasteiger partial charge in [-0.15, -0.1) is 11.3 Å². The van der Waals surface area contributed by atoms with Crippen LogP contribution < -0.4 is 14.9 Å². The van der Waals surface area contributed by atoms with E-state index in [4.69, 9.17) is 9.26 Å². The minimum atomic E-state index is -4.52. The number of benzene rings is 3. The number of likely N-dealkylation sites (tertiary alicyclic amines) is 1. The molecule has 2 N–H and O–H groups in total. The van der Waals surface area contributed by atoms with Crippen molar-refractivity contribution in [3.63, 3.8) is 0 Å². The van der Waals surface area contributed by atoms with Gasteiger partial charge in [-0.05, 0) is 132 Å². The number of hydrogen-bond donors (Lipinski definition) is 2. The Morgan fingerprint density at radius 2 is 1.71 bits per heavy atom. The van der Waals surface area contributed by atoms with Crippen molar-refractivity contribution in [2.75, 3.05) is 26.7 Å². The van der Waals surface area contributed by atoms with Crippen LogP contribution in [0.25, 0.3) is 10.1 Å². The number of carbonyl (C=O) groups excluding carboxylic acids is 4. The molecule has 366 valence electrons. The fraction of sp³-hybridized carbons (Fsp3) is 0.520. The summed E-state index contributed by atoms with van der Waals surface area (Å²) in [6.07, 6.45) is 0.0292. The number of thiophene rings is 1. The van der Waals surface area contributed by atoms with Crippen LogP contribution in [0.2, 0.25) is 0 Å². The molecule has 12 nitrogen and oxygen atoms in total.